The smallest absolute Gasteiger partial charge is 0.194 e. The fourth-order valence-corrected chi connectivity index (χ4v) is 2.59. The van der Waals surface area contributed by atoms with Gasteiger partial charge in [0.2, 0.25) is 0 Å². The van der Waals surface area contributed by atoms with Crippen LogP contribution in [0.4, 0.5) is 0 Å². The second kappa shape index (κ2) is 8.06. The lowest BCUT2D eigenvalue weighted by atomic mass is 10.00. The Bertz CT molecular complexity index is 434. The van der Waals surface area contributed by atoms with Crippen molar-refractivity contribution in [3.8, 4) is 0 Å². The molecule has 21 heavy (non-hydrogen) atoms. The SMILES string of the molecule is CC1CCN(C(=NCCc2ccco2)NC2CC2)CC1.I. The topological polar surface area (TPSA) is 40.8 Å². The van der Waals surface area contributed by atoms with Crippen molar-refractivity contribution in [3.63, 3.8) is 0 Å². The van der Waals surface area contributed by atoms with Crippen LogP contribution in [0.1, 0.15) is 38.4 Å². The molecular formula is C16H26IN3O. The van der Waals surface area contributed by atoms with E-state index in [1.165, 1.54) is 25.7 Å². The van der Waals surface area contributed by atoms with Gasteiger partial charge in [-0.3, -0.25) is 4.99 Å². The molecule has 4 nitrogen and oxygen atoms in total. The molecule has 1 aliphatic heterocycles. The van der Waals surface area contributed by atoms with Crippen LogP contribution in [0.3, 0.4) is 0 Å². The highest BCUT2D eigenvalue weighted by molar-refractivity contribution is 14.0. The Labute approximate surface area is 144 Å². The summed E-state index contributed by atoms with van der Waals surface area (Å²) < 4.78 is 5.37. The molecule has 1 saturated heterocycles. The summed E-state index contributed by atoms with van der Waals surface area (Å²) in [5.74, 6) is 2.99. The van der Waals surface area contributed by atoms with Crippen LogP contribution in [0, 0.1) is 5.92 Å². The predicted octanol–water partition coefficient (Wildman–Crippen LogP) is 3.28. The van der Waals surface area contributed by atoms with Gasteiger partial charge in [0.05, 0.1) is 6.26 Å². The monoisotopic (exact) mass is 403 g/mol. The first-order valence-corrected chi connectivity index (χ1v) is 7.89. The molecule has 2 fully saturated rings. The van der Waals surface area contributed by atoms with Crippen molar-refractivity contribution < 1.29 is 4.42 Å². The second-order valence-electron chi connectivity index (χ2n) is 6.12. The summed E-state index contributed by atoms with van der Waals surface area (Å²) in [5.41, 5.74) is 0. The summed E-state index contributed by atoms with van der Waals surface area (Å²) in [6.45, 7) is 5.43. The third kappa shape index (κ3) is 5.20. The van der Waals surface area contributed by atoms with E-state index in [1.54, 1.807) is 6.26 Å². The number of nitrogens with one attached hydrogen (secondary N) is 1. The van der Waals surface area contributed by atoms with Crippen molar-refractivity contribution in [2.24, 2.45) is 10.9 Å². The van der Waals surface area contributed by atoms with Gasteiger partial charge in [0.1, 0.15) is 5.76 Å². The number of piperidine rings is 1. The fourth-order valence-electron chi connectivity index (χ4n) is 2.59. The van der Waals surface area contributed by atoms with Crippen molar-refractivity contribution in [2.45, 2.75) is 45.1 Å². The van der Waals surface area contributed by atoms with Crippen molar-refractivity contribution in [3.05, 3.63) is 24.2 Å². The zero-order valence-corrected chi connectivity index (χ0v) is 15.1. The van der Waals surface area contributed by atoms with E-state index in [9.17, 15) is 0 Å². The minimum atomic E-state index is 0. The molecule has 0 spiro atoms. The van der Waals surface area contributed by atoms with Gasteiger partial charge in [0.15, 0.2) is 5.96 Å². The van der Waals surface area contributed by atoms with E-state index in [0.717, 1.165) is 43.7 Å². The maximum Gasteiger partial charge on any atom is 0.194 e. The van der Waals surface area contributed by atoms with Crippen LogP contribution < -0.4 is 5.32 Å². The number of hydrogen-bond donors (Lipinski definition) is 1. The molecule has 0 amide bonds. The number of nitrogens with zero attached hydrogens (tertiary/aromatic N) is 2. The molecule has 1 aliphatic carbocycles. The van der Waals surface area contributed by atoms with E-state index in [1.807, 2.05) is 12.1 Å². The number of aliphatic imine (C=N–C) groups is 1. The average molecular weight is 403 g/mol. The number of furan rings is 1. The van der Waals surface area contributed by atoms with Gasteiger partial charge in [-0.15, -0.1) is 24.0 Å². The van der Waals surface area contributed by atoms with Gasteiger partial charge < -0.3 is 14.6 Å². The lowest BCUT2D eigenvalue weighted by Crippen LogP contribution is -2.46. The van der Waals surface area contributed by atoms with Crippen LogP contribution in [0.25, 0.3) is 0 Å². The average Bonchev–Trinajstić information content (AvgIpc) is 3.12. The van der Waals surface area contributed by atoms with Crippen LogP contribution in [-0.4, -0.2) is 36.5 Å². The number of hydrogen-bond acceptors (Lipinski definition) is 2. The molecule has 1 saturated carbocycles. The normalized spacial score (nSPS) is 20.2. The maximum atomic E-state index is 5.37. The molecule has 0 radical (unpaired) electrons. The zero-order chi connectivity index (χ0) is 13.8. The fraction of sp³-hybridized carbons (Fsp3) is 0.688. The zero-order valence-electron chi connectivity index (χ0n) is 12.8. The molecule has 0 atom stereocenters. The molecule has 0 unspecified atom stereocenters. The van der Waals surface area contributed by atoms with Crippen molar-refractivity contribution >= 4 is 29.9 Å². The van der Waals surface area contributed by atoms with Crippen LogP contribution in [0.2, 0.25) is 0 Å². The van der Waals surface area contributed by atoms with E-state index in [2.05, 4.69) is 17.1 Å². The Hall–Kier alpha value is -0.720. The molecule has 1 aromatic rings. The van der Waals surface area contributed by atoms with Gasteiger partial charge in [-0.2, -0.15) is 0 Å². The lowest BCUT2D eigenvalue weighted by Gasteiger charge is -2.33. The quantitative estimate of drug-likeness (QED) is 0.477. The van der Waals surface area contributed by atoms with E-state index in [-0.39, 0.29) is 24.0 Å². The molecule has 2 aliphatic rings. The Balaban J connectivity index is 0.00000161. The predicted molar refractivity (Wildman–Crippen MR) is 96.3 cm³/mol. The number of guanidine groups is 1. The summed E-state index contributed by atoms with van der Waals surface area (Å²) in [5, 5.41) is 3.60. The van der Waals surface area contributed by atoms with Gasteiger partial charge >= 0.3 is 0 Å². The van der Waals surface area contributed by atoms with Gasteiger partial charge in [0, 0.05) is 32.1 Å². The maximum absolute atomic E-state index is 5.37. The Morgan fingerprint density at radius 3 is 2.71 bits per heavy atom. The number of rotatable bonds is 4. The van der Waals surface area contributed by atoms with Crippen LogP contribution in [-0.2, 0) is 6.42 Å². The molecule has 3 rings (SSSR count). The first kappa shape index (κ1) is 16.6. The highest BCUT2D eigenvalue weighted by atomic mass is 127. The lowest BCUT2D eigenvalue weighted by molar-refractivity contribution is 0.273. The Kier molecular flexibility index (Phi) is 6.39. The number of halogens is 1. The minimum Gasteiger partial charge on any atom is -0.469 e. The molecule has 0 aromatic carbocycles. The minimum absolute atomic E-state index is 0. The molecule has 0 bridgehead atoms. The van der Waals surface area contributed by atoms with E-state index in [0.29, 0.717) is 6.04 Å². The Morgan fingerprint density at radius 1 is 1.33 bits per heavy atom. The summed E-state index contributed by atoms with van der Waals surface area (Å²) in [6, 6.07) is 4.62. The molecule has 2 heterocycles. The molecule has 1 aromatic heterocycles. The van der Waals surface area contributed by atoms with Crippen LogP contribution in [0.15, 0.2) is 27.8 Å². The highest BCUT2D eigenvalue weighted by Gasteiger charge is 2.26. The third-order valence-corrected chi connectivity index (χ3v) is 4.19. The molecule has 1 N–H and O–H groups in total. The summed E-state index contributed by atoms with van der Waals surface area (Å²) in [4.78, 5) is 7.23. The standard InChI is InChI=1S/C16H25N3O.HI/c1-13-7-10-19(11-8-13)16(18-14-4-5-14)17-9-6-15-3-2-12-20-15;/h2-3,12-14H,4-11H2,1H3,(H,17,18);1H. The van der Waals surface area contributed by atoms with Crippen molar-refractivity contribution in [1.82, 2.24) is 10.2 Å². The first-order valence-electron chi connectivity index (χ1n) is 7.89. The molecule has 5 heteroatoms. The Morgan fingerprint density at radius 2 is 2.10 bits per heavy atom. The summed E-state index contributed by atoms with van der Waals surface area (Å²) in [7, 11) is 0. The summed E-state index contributed by atoms with van der Waals surface area (Å²) in [6.07, 6.45) is 7.76. The summed E-state index contributed by atoms with van der Waals surface area (Å²) >= 11 is 0. The van der Waals surface area contributed by atoms with Crippen LogP contribution >= 0.6 is 24.0 Å². The van der Waals surface area contributed by atoms with E-state index < -0.39 is 0 Å². The van der Waals surface area contributed by atoms with Gasteiger partial charge in [-0.25, -0.2) is 0 Å². The van der Waals surface area contributed by atoms with Gasteiger partial charge in [0.25, 0.3) is 0 Å². The largest absolute Gasteiger partial charge is 0.469 e. The van der Waals surface area contributed by atoms with E-state index >= 15 is 0 Å². The molecular weight excluding hydrogens is 377 g/mol. The van der Waals surface area contributed by atoms with E-state index in [4.69, 9.17) is 9.41 Å². The second-order valence-corrected chi connectivity index (χ2v) is 6.12. The highest BCUT2D eigenvalue weighted by Crippen LogP contribution is 2.21. The third-order valence-electron chi connectivity index (χ3n) is 4.19. The van der Waals surface area contributed by atoms with Gasteiger partial charge in [-0.05, 0) is 43.7 Å². The number of likely N-dealkylation sites (tertiary alicyclic amines) is 1. The van der Waals surface area contributed by atoms with Crippen molar-refractivity contribution in [1.29, 1.82) is 0 Å². The first-order chi connectivity index (χ1) is 9.81. The van der Waals surface area contributed by atoms with Crippen molar-refractivity contribution in [2.75, 3.05) is 19.6 Å². The molecule has 118 valence electrons. The van der Waals surface area contributed by atoms with Gasteiger partial charge in [-0.1, -0.05) is 6.92 Å². The van der Waals surface area contributed by atoms with Crippen LogP contribution in [0.5, 0.6) is 0 Å².